The van der Waals surface area contributed by atoms with Crippen LogP contribution in [0, 0.1) is 0 Å². The average Bonchev–Trinajstić information content (AvgIpc) is 2.16. The molecule has 13 heavy (non-hydrogen) atoms. The molecule has 2 heteroatoms. The molecule has 0 aliphatic rings. The summed E-state index contributed by atoms with van der Waals surface area (Å²) >= 11 is 0. The smallest absolute Gasteiger partial charge is 0.118 e. The van der Waals surface area contributed by atoms with Crippen LogP contribution in [0.15, 0.2) is 24.8 Å². The summed E-state index contributed by atoms with van der Waals surface area (Å²) in [6, 6.07) is 6.19. The third kappa shape index (κ3) is 2.22. The fourth-order valence-electron chi connectivity index (χ4n) is 1.37. The molecule has 0 heterocycles. The molecule has 0 radical (unpaired) electrons. The van der Waals surface area contributed by atoms with Crippen LogP contribution in [-0.4, -0.2) is 15.9 Å². The van der Waals surface area contributed by atoms with Gasteiger partial charge in [0.1, 0.15) is 5.75 Å². The highest BCUT2D eigenvalue weighted by molar-refractivity contribution is 6.71. The Bertz CT molecular complexity index is 305. The molecular formula is C11H16OSi. The van der Waals surface area contributed by atoms with Crippen LogP contribution in [0.1, 0.15) is 5.56 Å². The van der Waals surface area contributed by atoms with Crippen LogP contribution < -0.4 is 9.92 Å². The lowest BCUT2D eigenvalue weighted by Crippen LogP contribution is -2.25. The van der Waals surface area contributed by atoms with E-state index < -0.39 is 8.80 Å². The van der Waals surface area contributed by atoms with Gasteiger partial charge in [-0.05, 0) is 17.7 Å². The fourth-order valence-corrected chi connectivity index (χ4v) is 2.74. The largest absolute Gasteiger partial charge is 0.497 e. The van der Waals surface area contributed by atoms with Crippen LogP contribution in [0.25, 0.3) is 6.08 Å². The second-order valence-corrected chi connectivity index (χ2v) is 6.29. The van der Waals surface area contributed by atoms with Gasteiger partial charge in [-0.15, -0.1) is 0 Å². The molecule has 1 rings (SSSR count). The third-order valence-corrected chi connectivity index (χ3v) is 3.88. The van der Waals surface area contributed by atoms with E-state index in [2.05, 4.69) is 31.8 Å². The normalized spacial score (nSPS) is 10.2. The maximum Gasteiger partial charge on any atom is 0.118 e. The molecule has 0 unspecified atom stereocenters. The van der Waals surface area contributed by atoms with Crippen molar-refractivity contribution >= 4 is 20.1 Å². The zero-order valence-corrected chi connectivity index (χ0v) is 9.66. The molecule has 0 bridgehead atoms. The molecule has 1 nitrogen and oxygen atoms in total. The maximum absolute atomic E-state index is 5.19. The van der Waals surface area contributed by atoms with Gasteiger partial charge in [-0.3, -0.25) is 0 Å². The highest BCUT2D eigenvalue weighted by atomic mass is 28.3. The molecule has 0 atom stereocenters. The third-order valence-electron chi connectivity index (χ3n) is 2.14. The van der Waals surface area contributed by atoms with Crippen molar-refractivity contribution in [3.05, 3.63) is 30.3 Å². The molecule has 0 aliphatic heterocycles. The SMILES string of the molecule is C=Cc1ccc(OC)cc1[SiH](C)C. The predicted molar refractivity (Wildman–Crippen MR) is 61.6 cm³/mol. The molecule has 0 N–H and O–H groups in total. The van der Waals surface area contributed by atoms with Gasteiger partial charge in [0.15, 0.2) is 0 Å². The molecule has 0 saturated heterocycles. The molecule has 70 valence electrons. The van der Waals surface area contributed by atoms with Crippen LogP contribution in [0.5, 0.6) is 5.75 Å². The van der Waals surface area contributed by atoms with E-state index in [-0.39, 0.29) is 0 Å². The lowest BCUT2D eigenvalue weighted by molar-refractivity contribution is 0.415. The van der Waals surface area contributed by atoms with Gasteiger partial charge in [0.2, 0.25) is 0 Å². The van der Waals surface area contributed by atoms with Crippen LogP contribution in [-0.2, 0) is 0 Å². The van der Waals surface area contributed by atoms with Gasteiger partial charge in [0.05, 0.1) is 15.9 Å². The number of hydrogen-bond acceptors (Lipinski definition) is 1. The Labute approximate surface area is 81.7 Å². The Morgan fingerprint density at radius 3 is 2.54 bits per heavy atom. The maximum atomic E-state index is 5.19. The topological polar surface area (TPSA) is 9.23 Å². The first kappa shape index (κ1) is 10.1. The van der Waals surface area contributed by atoms with Crippen LogP contribution in [0.3, 0.4) is 0 Å². The molecule has 0 fully saturated rings. The van der Waals surface area contributed by atoms with E-state index in [1.807, 2.05) is 12.1 Å². The Morgan fingerprint density at radius 1 is 1.38 bits per heavy atom. The first-order valence-electron chi connectivity index (χ1n) is 4.49. The summed E-state index contributed by atoms with van der Waals surface area (Å²) in [5.74, 6) is 0.946. The van der Waals surface area contributed by atoms with E-state index in [4.69, 9.17) is 4.74 Å². The number of methoxy groups -OCH3 is 1. The number of ether oxygens (including phenoxy) is 1. The minimum Gasteiger partial charge on any atom is -0.497 e. The van der Waals surface area contributed by atoms with Gasteiger partial charge in [0.25, 0.3) is 0 Å². The number of hydrogen-bond donors (Lipinski definition) is 0. The van der Waals surface area contributed by atoms with Gasteiger partial charge in [-0.2, -0.15) is 0 Å². The Kier molecular flexibility index (Phi) is 3.31. The van der Waals surface area contributed by atoms with Gasteiger partial charge in [-0.25, -0.2) is 0 Å². The minimum absolute atomic E-state index is 0.779. The van der Waals surface area contributed by atoms with E-state index in [0.29, 0.717) is 0 Å². The molecule has 0 saturated carbocycles. The van der Waals surface area contributed by atoms with E-state index >= 15 is 0 Å². The van der Waals surface area contributed by atoms with Crippen LogP contribution in [0.4, 0.5) is 0 Å². The molecule has 0 aliphatic carbocycles. The van der Waals surface area contributed by atoms with Gasteiger partial charge < -0.3 is 4.74 Å². The van der Waals surface area contributed by atoms with Crippen molar-refractivity contribution in [2.24, 2.45) is 0 Å². The predicted octanol–water partition coefficient (Wildman–Crippen LogP) is 2.03. The summed E-state index contributed by atoms with van der Waals surface area (Å²) in [7, 11) is 0.924. The van der Waals surface area contributed by atoms with Crippen molar-refractivity contribution in [2.45, 2.75) is 13.1 Å². The first-order valence-corrected chi connectivity index (χ1v) is 7.38. The second-order valence-electron chi connectivity index (χ2n) is 3.35. The average molecular weight is 192 g/mol. The lowest BCUT2D eigenvalue weighted by atomic mass is 10.2. The monoisotopic (exact) mass is 192 g/mol. The van der Waals surface area contributed by atoms with Gasteiger partial charge in [-0.1, -0.05) is 37.0 Å². The summed E-state index contributed by atoms with van der Waals surface area (Å²) in [6.45, 7) is 8.43. The van der Waals surface area contributed by atoms with Crippen LogP contribution in [0.2, 0.25) is 13.1 Å². The number of rotatable bonds is 3. The summed E-state index contributed by atoms with van der Waals surface area (Å²) in [4.78, 5) is 0. The Morgan fingerprint density at radius 2 is 2.08 bits per heavy atom. The van der Waals surface area contributed by atoms with Crippen molar-refractivity contribution in [3.8, 4) is 5.75 Å². The van der Waals surface area contributed by atoms with Crippen molar-refractivity contribution in [1.29, 1.82) is 0 Å². The Hall–Kier alpha value is -1.02. The fraction of sp³-hybridized carbons (Fsp3) is 0.273. The standard InChI is InChI=1S/C11H16OSi/c1-5-9-6-7-10(12-2)8-11(9)13(3)4/h5-8,13H,1H2,2-4H3. The summed E-state index contributed by atoms with van der Waals surface area (Å²) in [5.41, 5.74) is 1.25. The number of benzene rings is 1. The zero-order valence-electron chi connectivity index (χ0n) is 8.50. The van der Waals surface area contributed by atoms with E-state index in [1.54, 1.807) is 7.11 Å². The Balaban J connectivity index is 3.17. The molecular weight excluding hydrogens is 176 g/mol. The molecule has 0 amide bonds. The second kappa shape index (κ2) is 4.28. The van der Waals surface area contributed by atoms with E-state index in [9.17, 15) is 0 Å². The van der Waals surface area contributed by atoms with Gasteiger partial charge in [0, 0.05) is 0 Å². The first-order chi connectivity index (χ1) is 6.19. The van der Waals surface area contributed by atoms with E-state index in [1.165, 1.54) is 10.8 Å². The van der Waals surface area contributed by atoms with E-state index in [0.717, 1.165) is 5.75 Å². The van der Waals surface area contributed by atoms with Crippen LogP contribution >= 0.6 is 0 Å². The lowest BCUT2D eigenvalue weighted by Gasteiger charge is -2.10. The van der Waals surface area contributed by atoms with Crippen molar-refractivity contribution in [1.82, 2.24) is 0 Å². The molecule has 1 aromatic carbocycles. The molecule has 1 aromatic rings. The summed E-state index contributed by atoms with van der Waals surface area (Å²) < 4.78 is 5.19. The summed E-state index contributed by atoms with van der Waals surface area (Å²) in [6.07, 6.45) is 1.92. The van der Waals surface area contributed by atoms with Crippen molar-refractivity contribution in [2.75, 3.05) is 7.11 Å². The van der Waals surface area contributed by atoms with Gasteiger partial charge >= 0.3 is 0 Å². The zero-order chi connectivity index (χ0) is 9.84. The minimum atomic E-state index is -0.779. The molecule has 0 spiro atoms. The van der Waals surface area contributed by atoms with Crippen molar-refractivity contribution in [3.63, 3.8) is 0 Å². The molecule has 0 aromatic heterocycles. The highest BCUT2D eigenvalue weighted by Crippen LogP contribution is 2.11. The highest BCUT2D eigenvalue weighted by Gasteiger charge is 2.06. The quantitative estimate of drug-likeness (QED) is 0.666. The van der Waals surface area contributed by atoms with Crippen molar-refractivity contribution < 1.29 is 4.74 Å². The summed E-state index contributed by atoms with van der Waals surface area (Å²) in [5, 5.41) is 1.43.